The van der Waals surface area contributed by atoms with Gasteiger partial charge >= 0.3 is 0 Å². The molecule has 1 amide bonds. The molecule has 9 heteroatoms. The standard InChI is InChI=1S/C9H6N4O3S2/c14-7(10-8-11-12-9(17)18-8)5-1-3-6(4-2-5)13(15)16/h1-4H,(H,12,17)(H,10,11,14). The molecule has 0 spiro atoms. The molecule has 2 rings (SSSR count). The second kappa shape index (κ2) is 5.10. The quantitative estimate of drug-likeness (QED) is 0.388. The maximum Gasteiger partial charge on any atom is 0.269 e. The molecule has 0 unspecified atom stereocenters. The average molecular weight is 282 g/mol. The van der Waals surface area contributed by atoms with E-state index in [1.54, 1.807) is 0 Å². The molecule has 0 radical (unpaired) electrons. The Balaban J connectivity index is 2.11. The maximum atomic E-state index is 11.7. The van der Waals surface area contributed by atoms with Crippen molar-refractivity contribution in [2.45, 2.75) is 4.34 Å². The van der Waals surface area contributed by atoms with Gasteiger partial charge in [0, 0.05) is 17.7 Å². The minimum absolute atomic E-state index is 0.0693. The zero-order valence-electron chi connectivity index (χ0n) is 8.73. The molecule has 0 aliphatic carbocycles. The van der Waals surface area contributed by atoms with Crippen molar-refractivity contribution in [2.75, 3.05) is 5.32 Å². The van der Waals surface area contributed by atoms with Gasteiger partial charge in [0.2, 0.25) is 5.13 Å². The van der Waals surface area contributed by atoms with Crippen molar-refractivity contribution in [1.29, 1.82) is 0 Å². The van der Waals surface area contributed by atoms with Crippen LogP contribution in [0.15, 0.2) is 28.6 Å². The molecule has 0 atom stereocenters. The first-order chi connectivity index (χ1) is 8.56. The normalized spacial score (nSPS) is 10.1. The average Bonchev–Trinajstić information content (AvgIpc) is 2.75. The predicted octanol–water partition coefficient (Wildman–Crippen LogP) is 1.99. The Bertz CT molecular complexity index is 596. The van der Waals surface area contributed by atoms with E-state index in [-0.39, 0.29) is 5.69 Å². The molecule has 1 N–H and O–H groups in total. The summed E-state index contributed by atoms with van der Waals surface area (Å²) in [6.07, 6.45) is 0. The number of carbonyl (C=O) groups excluding carboxylic acids is 1. The molecule has 7 nitrogen and oxygen atoms in total. The van der Waals surface area contributed by atoms with Crippen molar-refractivity contribution in [3.05, 3.63) is 39.9 Å². The van der Waals surface area contributed by atoms with Crippen LogP contribution >= 0.6 is 24.0 Å². The first-order valence-corrected chi connectivity index (χ1v) is 5.91. The molecule has 2 aromatic rings. The number of amides is 1. The van der Waals surface area contributed by atoms with Gasteiger partial charge in [-0.25, -0.2) is 0 Å². The van der Waals surface area contributed by atoms with Crippen molar-refractivity contribution in [3.63, 3.8) is 0 Å². The van der Waals surface area contributed by atoms with Crippen LogP contribution in [-0.2, 0) is 0 Å². The Morgan fingerprint density at radius 1 is 1.33 bits per heavy atom. The highest BCUT2D eigenvalue weighted by Crippen LogP contribution is 2.19. The number of benzene rings is 1. The number of nitrogens with one attached hydrogen (secondary N) is 1. The van der Waals surface area contributed by atoms with E-state index >= 15 is 0 Å². The lowest BCUT2D eigenvalue weighted by Crippen LogP contribution is -2.11. The highest BCUT2D eigenvalue weighted by Gasteiger charge is 2.11. The van der Waals surface area contributed by atoms with E-state index in [1.807, 2.05) is 0 Å². The molecule has 0 aliphatic rings. The molecule has 0 bridgehead atoms. The number of nitrogens with zero attached hydrogens (tertiary/aromatic N) is 3. The summed E-state index contributed by atoms with van der Waals surface area (Å²) in [6, 6.07) is 5.27. The molecule has 0 aliphatic heterocycles. The number of nitro groups is 1. The van der Waals surface area contributed by atoms with Crippen LogP contribution in [0.25, 0.3) is 0 Å². The molecule has 0 saturated heterocycles. The third-order valence-corrected chi connectivity index (χ3v) is 2.98. The zero-order valence-corrected chi connectivity index (χ0v) is 10.4. The predicted molar refractivity (Wildman–Crippen MR) is 68.2 cm³/mol. The van der Waals surface area contributed by atoms with Crippen LogP contribution in [0.1, 0.15) is 10.4 Å². The summed E-state index contributed by atoms with van der Waals surface area (Å²) in [7, 11) is 0. The molecule has 92 valence electrons. The largest absolute Gasteiger partial charge is 0.296 e. The Morgan fingerprint density at radius 3 is 2.50 bits per heavy atom. The number of anilines is 1. The van der Waals surface area contributed by atoms with E-state index in [4.69, 9.17) is 0 Å². The van der Waals surface area contributed by atoms with E-state index < -0.39 is 10.8 Å². The summed E-state index contributed by atoms with van der Waals surface area (Å²) in [5.74, 6) is -0.408. The van der Waals surface area contributed by atoms with E-state index in [0.29, 0.717) is 15.0 Å². The lowest BCUT2D eigenvalue weighted by atomic mass is 10.2. The number of non-ortho nitro benzene ring substituents is 1. The number of carbonyl (C=O) groups is 1. The highest BCUT2D eigenvalue weighted by atomic mass is 32.2. The minimum Gasteiger partial charge on any atom is -0.296 e. The van der Waals surface area contributed by atoms with E-state index in [9.17, 15) is 14.9 Å². The zero-order chi connectivity index (χ0) is 13.1. The SMILES string of the molecule is O=C(Nc1nnc(S)s1)c1ccc([N+](=O)[O-])cc1. The van der Waals surface area contributed by atoms with Crippen molar-refractivity contribution in [2.24, 2.45) is 0 Å². The van der Waals surface area contributed by atoms with Gasteiger partial charge in [-0.15, -0.1) is 22.8 Å². The first-order valence-electron chi connectivity index (χ1n) is 4.64. The molecule has 0 saturated carbocycles. The summed E-state index contributed by atoms with van der Waals surface area (Å²) in [5.41, 5.74) is 0.233. The van der Waals surface area contributed by atoms with Gasteiger partial charge in [0.05, 0.1) is 4.92 Å². The molecule has 0 fully saturated rings. The van der Waals surface area contributed by atoms with Gasteiger partial charge in [-0.05, 0) is 12.1 Å². The van der Waals surface area contributed by atoms with Gasteiger partial charge in [-0.2, -0.15) is 0 Å². The number of thiol groups is 1. The molecule has 18 heavy (non-hydrogen) atoms. The molecule has 1 aromatic carbocycles. The van der Waals surface area contributed by atoms with Crippen LogP contribution in [0.5, 0.6) is 0 Å². The van der Waals surface area contributed by atoms with Gasteiger partial charge in [-0.3, -0.25) is 20.2 Å². The highest BCUT2D eigenvalue weighted by molar-refractivity contribution is 7.82. The summed E-state index contributed by atoms with van der Waals surface area (Å²) in [4.78, 5) is 21.7. The second-order valence-corrected chi connectivity index (χ2v) is 4.85. The van der Waals surface area contributed by atoms with Gasteiger partial charge in [0.15, 0.2) is 4.34 Å². The summed E-state index contributed by atoms with van der Waals surface area (Å²) >= 11 is 5.09. The summed E-state index contributed by atoms with van der Waals surface area (Å²) in [6.45, 7) is 0. The molecular weight excluding hydrogens is 276 g/mol. The third-order valence-electron chi connectivity index (χ3n) is 1.98. The van der Waals surface area contributed by atoms with Crippen LogP contribution in [0.3, 0.4) is 0 Å². The van der Waals surface area contributed by atoms with Crippen LogP contribution < -0.4 is 5.32 Å². The summed E-state index contributed by atoms with van der Waals surface area (Å²) < 4.78 is 0.439. The Labute approximate surface area is 110 Å². The monoisotopic (exact) mass is 282 g/mol. The Kier molecular flexibility index (Phi) is 3.53. The summed E-state index contributed by atoms with van der Waals surface area (Å²) in [5, 5.41) is 20.6. The fourth-order valence-corrected chi connectivity index (χ4v) is 1.95. The van der Waals surface area contributed by atoms with Crippen LogP contribution in [0.4, 0.5) is 10.8 Å². The number of aromatic nitrogens is 2. The van der Waals surface area contributed by atoms with E-state index in [1.165, 1.54) is 24.3 Å². The maximum absolute atomic E-state index is 11.7. The van der Waals surface area contributed by atoms with Gasteiger partial charge < -0.3 is 0 Å². The molecule has 1 aromatic heterocycles. The lowest BCUT2D eigenvalue weighted by molar-refractivity contribution is -0.384. The van der Waals surface area contributed by atoms with Crippen LogP contribution in [0.2, 0.25) is 0 Å². The minimum atomic E-state index is -0.528. The molecule has 1 heterocycles. The van der Waals surface area contributed by atoms with Crippen LogP contribution in [0, 0.1) is 10.1 Å². The van der Waals surface area contributed by atoms with Crippen molar-refractivity contribution in [3.8, 4) is 0 Å². The number of hydrogen-bond acceptors (Lipinski definition) is 7. The van der Waals surface area contributed by atoms with Crippen LogP contribution in [-0.4, -0.2) is 21.0 Å². The number of hydrogen-bond donors (Lipinski definition) is 2. The third kappa shape index (κ3) is 2.81. The van der Waals surface area contributed by atoms with Gasteiger partial charge in [0.1, 0.15) is 0 Å². The lowest BCUT2D eigenvalue weighted by Gasteiger charge is -2.00. The molecular formula is C9H6N4O3S2. The number of rotatable bonds is 3. The van der Waals surface area contributed by atoms with Crippen molar-refractivity contribution >= 4 is 40.7 Å². The second-order valence-electron chi connectivity index (χ2n) is 3.15. The van der Waals surface area contributed by atoms with E-state index in [2.05, 4.69) is 28.1 Å². The van der Waals surface area contributed by atoms with Gasteiger partial charge in [0.25, 0.3) is 11.6 Å². The topological polar surface area (TPSA) is 98.0 Å². The first kappa shape index (κ1) is 12.5. The fraction of sp³-hybridized carbons (Fsp3) is 0. The van der Waals surface area contributed by atoms with Gasteiger partial charge in [-0.1, -0.05) is 11.3 Å². The van der Waals surface area contributed by atoms with E-state index in [0.717, 1.165) is 11.3 Å². The number of nitro benzene ring substituents is 1. The fourth-order valence-electron chi connectivity index (χ4n) is 1.17. The Morgan fingerprint density at radius 2 is 2.00 bits per heavy atom. The Hall–Kier alpha value is -2.00. The smallest absolute Gasteiger partial charge is 0.269 e. The van der Waals surface area contributed by atoms with Crippen molar-refractivity contribution < 1.29 is 9.72 Å². The van der Waals surface area contributed by atoms with Crippen molar-refractivity contribution in [1.82, 2.24) is 10.2 Å².